The van der Waals surface area contributed by atoms with Crippen LogP contribution >= 0.6 is 11.6 Å². The Morgan fingerprint density at radius 1 is 1.20 bits per heavy atom. The van der Waals surface area contributed by atoms with E-state index in [4.69, 9.17) is 11.6 Å². The van der Waals surface area contributed by atoms with Gasteiger partial charge in [-0.15, -0.1) is 0 Å². The molecule has 0 amide bonds. The number of nitrogens with one attached hydrogen (secondary N) is 1. The first-order valence-electron chi connectivity index (χ1n) is 5.88. The van der Waals surface area contributed by atoms with Gasteiger partial charge in [-0.1, -0.05) is 23.7 Å². The second-order valence-corrected chi connectivity index (χ2v) is 5.10. The van der Waals surface area contributed by atoms with E-state index in [1.807, 2.05) is 6.07 Å². The van der Waals surface area contributed by atoms with E-state index < -0.39 is 0 Å². The standard InChI is InChI=1S/C13H16ClN/c14-12-5-1-4-11-10(12)3-2-6-13(11)15-9-7-8-9/h1,4-5,9,13,15H,2-3,6-8H2. The minimum atomic E-state index is 0.556. The number of halogens is 1. The molecule has 0 saturated heterocycles. The fraction of sp³-hybridized carbons (Fsp3) is 0.538. The highest BCUT2D eigenvalue weighted by atomic mass is 35.5. The maximum absolute atomic E-state index is 6.23. The van der Waals surface area contributed by atoms with Crippen molar-refractivity contribution >= 4 is 11.6 Å². The van der Waals surface area contributed by atoms with Crippen molar-refractivity contribution in [2.45, 2.75) is 44.2 Å². The summed E-state index contributed by atoms with van der Waals surface area (Å²) in [5.41, 5.74) is 2.82. The smallest absolute Gasteiger partial charge is 0.0441 e. The van der Waals surface area contributed by atoms with E-state index in [9.17, 15) is 0 Å². The van der Waals surface area contributed by atoms with Gasteiger partial charge in [0.2, 0.25) is 0 Å². The number of hydrogen-bond donors (Lipinski definition) is 1. The molecule has 0 radical (unpaired) electrons. The molecule has 0 aliphatic heterocycles. The molecule has 1 nitrogen and oxygen atoms in total. The van der Waals surface area contributed by atoms with Gasteiger partial charge in [-0.3, -0.25) is 0 Å². The zero-order valence-electron chi connectivity index (χ0n) is 8.80. The van der Waals surface area contributed by atoms with Crippen LogP contribution in [0.5, 0.6) is 0 Å². The van der Waals surface area contributed by atoms with Crippen molar-refractivity contribution in [2.24, 2.45) is 0 Å². The lowest BCUT2D eigenvalue weighted by molar-refractivity contribution is 0.457. The highest BCUT2D eigenvalue weighted by molar-refractivity contribution is 6.31. The lowest BCUT2D eigenvalue weighted by Gasteiger charge is -2.27. The maximum atomic E-state index is 6.23. The van der Waals surface area contributed by atoms with Crippen LogP contribution in [0, 0.1) is 0 Å². The highest BCUT2D eigenvalue weighted by Gasteiger charge is 2.28. The molecule has 0 heterocycles. The van der Waals surface area contributed by atoms with Gasteiger partial charge in [0, 0.05) is 17.1 Å². The van der Waals surface area contributed by atoms with Gasteiger partial charge < -0.3 is 5.32 Å². The van der Waals surface area contributed by atoms with Crippen LogP contribution in [0.25, 0.3) is 0 Å². The van der Waals surface area contributed by atoms with Crippen LogP contribution in [0.2, 0.25) is 5.02 Å². The number of hydrogen-bond acceptors (Lipinski definition) is 1. The van der Waals surface area contributed by atoms with Crippen LogP contribution in [0.15, 0.2) is 18.2 Å². The molecule has 80 valence electrons. The Labute approximate surface area is 95.8 Å². The molecule has 1 N–H and O–H groups in total. The molecule has 3 rings (SSSR count). The molecule has 1 fully saturated rings. The summed E-state index contributed by atoms with van der Waals surface area (Å²) < 4.78 is 0. The molecule has 0 aromatic heterocycles. The van der Waals surface area contributed by atoms with E-state index in [0.29, 0.717) is 6.04 Å². The van der Waals surface area contributed by atoms with Crippen molar-refractivity contribution in [3.05, 3.63) is 34.3 Å². The van der Waals surface area contributed by atoms with Gasteiger partial charge in [0.25, 0.3) is 0 Å². The summed E-state index contributed by atoms with van der Waals surface area (Å²) in [6.07, 6.45) is 6.39. The fourth-order valence-corrected chi connectivity index (χ4v) is 2.79. The Kier molecular flexibility index (Phi) is 2.45. The van der Waals surface area contributed by atoms with Crippen molar-refractivity contribution in [3.8, 4) is 0 Å². The van der Waals surface area contributed by atoms with Crippen LogP contribution in [0.1, 0.15) is 42.9 Å². The van der Waals surface area contributed by atoms with E-state index >= 15 is 0 Å². The number of rotatable bonds is 2. The fourth-order valence-electron chi connectivity index (χ4n) is 2.51. The molecule has 0 spiro atoms. The molecular formula is C13H16ClN. The van der Waals surface area contributed by atoms with Crippen LogP contribution < -0.4 is 5.32 Å². The molecule has 1 saturated carbocycles. The molecule has 2 heteroatoms. The lowest BCUT2D eigenvalue weighted by Crippen LogP contribution is -2.26. The third-order valence-electron chi connectivity index (χ3n) is 3.46. The van der Waals surface area contributed by atoms with Crippen LogP contribution in [0.3, 0.4) is 0 Å². The number of benzene rings is 1. The first kappa shape index (κ1) is 9.68. The summed E-state index contributed by atoms with van der Waals surface area (Å²) in [6.45, 7) is 0. The zero-order chi connectivity index (χ0) is 10.3. The largest absolute Gasteiger partial charge is 0.307 e. The molecule has 0 bridgehead atoms. The van der Waals surface area contributed by atoms with E-state index in [1.165, 1.54) is 36.8 Å². The Bertz CT molecular complexity index is 371. The summed E-state index contributed by atoms with van der Waals surface area (Å²) >= 11 is 6.23. The molecule has 2 aliphatic rings. The van der Waals surface area contributed by atoms with Crippen LogP contribution in [-0.4, -0.2) is 6.04 Å². The van der Waals surface area contributed by atoms with E-state index in [0.717, 1.165) is 17.5 Å². The first-order chi connectivity index (χ1) is 7.34. The predicted molar refractivity (Wildman–Crippen MR) is 63.3 cm³/mol. The van der Waals surface area contributed by atoms with Crippen LogP contribution in [-0.2, 0) is 6.42 Å². The van der Waals surface area contributed by atoms with E-state index in [-0.39, 0.29) is 0 Å². The van der Waals surface area contributed by atoms with Crippen molar-refractivity contribution in [3.63, 3.8) is 0 Å². The van der Waals surface area contributed by atoms with Crippen LogP contribution in [0.4, 0.5) is 0 Å². The Balaban J connectivity index is 1.91. The van der Waals surface area contributed by atoms with Crippen molar-refractivity contribution < 1.29 is 0 Å². The molecular weight excluding hydrogens is 206 g/mol. The average molecular weight is 222 g/mol. The van der Waals surface area contributed by atoms with E-state index in [1.54, 1.807) is 0 Å². The Morgan fingerprint density at radius 2 is 2.07 bits per heavy atom. The topological polar surface area (TPSA) is 12.0 Å². The van der Waals surface area contributed by atoms with Crippen molar-refractivity contribution in [2.75, 3.05) is 0 Å². The molecule has 1 atom stereocenters. The second-order valence-electron chi connectivity index (χ2n) is 4.69. The number of fused-ring (bicyclic) bond motifs is 1. The summed E-state index contributed by atoms with van der Waals surface area (Å²) in [5.74, 6) is 0. The van der Waals surface area contributed by atoms with E-state index in [2.05, 4.69) is 17.4 Å². The average Bonchev–Trinajstić information content (AvgIpc) is 3.04. The van der Waals surface area contributed by atoms with Gasteiger partial charge in [0.1, 0.15) is 0 Å². The van der Waals surface area contributed by atoms with Gasteiger partial charge >= 0.3 is 0 Å². The minimum Gasteiger partial charge on any atom is -0.307 e. The molecule has 1 unspecified atom stereocenters. The van der Waals surface area contributed by atoms with Crippen molar-refractivity contribution in [1.82, 2.24) is 5.32 Å². The normalized spacial score (nSPS) is 25.0. The quantitative estimate of drug-likeness (QED) is 0.807. The van der Waals surface area contributed by atoms with Gasteiger partial charge in [-0.2, -0.15) is 0 Å². The molecule has 1 aromatic carbocycles. The zero-order valence-corrected chi connectivity index (χ0v) is 9.56. The summed E-state index contributed by atoms with van der Waals surface area (Å²) in [4.78, 5) is 0. The highest BCUT2D eigenvalue weighted by Crippen LogP contribution is 2.35. The van der Waals surface area contributed by atoms with Crippen molar-refractivity contribution in [1.29, 1.82) is 0 Å². The third-order valence-corrected chi connectivity index (χ3v) is 3.82. The SMILES string of the molecule is Clc1cccc2c1CCCC2NC1CC1. The van der Waals surface area contributed by atoms with Gasteiger partial charge in [-0.25, -0.2) is 0 Å². The monoisotopic (exact) mass is 221 g/mol. The molecule has 2 aliphatic carbocycles. The third kappa shape index (κ3) is 1.91. The minimum absolute atomic E-state index is 0.556. The molecule has 1 aromatic rings. The summed E-state index contributed by atoms with van der Waals surface area (Å²) in [6, 6.07) is 7.66. The Morgan fingerprint density at radius 3 is 2.87 bits per heavy atom. The maximum Gasteiger partial charge on any atom is 0.0441 e. The Hall–Kier alpha value is -0.530. The lowest BCUT2D eigenvalue weighted by atomic mass is 9.87. The second kappa shape index (κ2) is 3.80. The summed E-state index contributed by atoms with van der Waals surface area (Å²) in [5, 5.41) is 4.67. The van der Waals surface area contributed by atoms with Gasteiger partial charge in [0.05, 0.1) is 0 Å². The summed E-state index contributed by atoms with van der Waals surface area (Å²) in [7, 11) is 0. The molecule has 15 heavy (non-hydrogen) atoms. The van der Waals surface area contributed by atoms with Gasteiger partial charge in [0.15, 0.2) is 0 Å². The predicted octanol–water partition coefficient (Wildman–Crippen LogP) is 3.47. The van der Waals surface area contributed by atoms with Gasteiger partial charge in [-0.05, 0) is 49.3 Å². The first-order valence-corrected chi connectivity index (χ1v) is 6.26.